The van der Waals surface area contributed by atoms with Gasteiger partial charge in [-0.05, 0) is 102 Å². The summed E-state index contributed by atoms with van der Waals surface area (Å²) in [5, 5.41) is 10.7. The van der Waals surface area contributed by atoms with E-state index in [1.54, 1.807) is 0 Å². The molecule has 192 valence electrons. The monoisotopic (exact) mass is 512 g/mol. The maximum atomic E-state index is 3.69. The molecule has 40 heavy (non-hydrogen) atoms. The molecule has 7 aromatic rings. The number of aryl methyl sites for hydroxylation is 1. The highest BCUT2D eigenvalue weighted by molar-refractivity contribution is 6.35. The van der Waals surface area contributed by atoms with Crippen molar-refractivity contribution < 1.29 is 0 Å². The zero-order valence-electron chi connectivity index (χ0n) is 23.0. The Kier molecular flexibility index (Phi) is 6.20. The Hall–Kier alpha value is -4.64. The average Bonchev–Trinajstić information content (AvgIpc) is 3.01. The van der Waals surface area contributed by atoms with E-state index in [1.165, 1.54) is 89.3 Å². The first-order valence-corrected chi connectivity index (χ1v) is 14.4. The van der Waals surface area contributed by atoms with Gasteiger partial charge >= 0.3 is 0 Å². The van der Waals surface area contributed by atoms with Gasteiger partial charge < -0.3 is 0 Å². The van der Waals surface area contributed by atoms with Crippen molar-refractivity contribution in [1.82, 2.24) is 0 Å². The number of benzene rings is 7. The molecule has 0 fully saturated rings. The smallest absolute Gasteiger partial charge is 0.00201 e. The molecule has 0 N–H and O–H groups in total. The molecule has 0 heterocycles. The van der Waals surface area contributed by atoms with Crippen LogP contribution < -0.4 is 0 Å². The molecule has 0 saturated heterocycles. The van der Waals surface area contributed by atoms with Crippen molar-refractivity contribution in [2.24, 2.45) is 0 Å². The second-order valence-electron chi connectivity index (χ2n) is 10.9. The second kappa shape index (κ2) is 10.2. The fourth-order valence-corrected chi connectivity index (χ4v) is 6.46. The zero-order valence-corrected chi connectivity index (χ0v) is 23.0. The predicted octanol–water partition coefficient (Wildman–Crippen LogP) is 11.3. The molecule has 0 radical (unpaired) electrons. The first-order valence-electron chi connectivity index (χ1n) is 14.4. The minimum atomic E-state index is 0.861. The van der Waals surface area contributed by atoms with Crippen LogP contribution in [0, 0.1) is 0 Å². The summed E-state index contributed by atoms with van der Waals surface area (Å²) in [7, 11) is 0. The van der Waals surface area contributed by atoms with Crippen molar-refractivity contribution in [3.8, 4) is 22.3 Å². The molecule has 0 atom stereocenters. The van der Waals surface area contributed by atoms with Crippen molar-refractivity contribution in [2.75, 3.05) is 0 Å². The van der Waals surface area contributed by atoms with E-state index < -0.39 is 0 Å². The number of rotatable bonds is 7. The first-order chi connectivity index (χ1) is 19.8. The van der Waals surface area contributed by atoms with E-state index in [4.69, 9.17) is 0 Å². The number of hydrogen-bond donors (Lipinski definition) is 0. The number of unbranched alkanes of at least 4 members (excludes halogenated alkanes) is 1. The molecular formula is C40H32. The molecule has 0 amide bonds. The lowest BCUT2D eigenvalue weighted by molar-refractivity contribution is 0.795. The third kappa shape index (κ3) is 4.01. The molecule has 0 unspecified atom stereocenters. The number of fused-ring (bicyclic) bond motifs is 2. The zero-order chi connectivity index (χ0) is 27.1. The van der Waals surface area contributed by atoms with Crippen LogP contribution in [0.2, 0.25) is 0 Å². The highest BCUT2D eigenvalue weighted by Crippen LogP contribution is 2.45. The van der Waals surface area contributed by atoms with Gasteiger partial charge in [0.15, 0.2) is 0 Å². The Morgan fingerprint density at radius 2 is 1.02 bits per heavy atom. The summed E-state index contributed by atoms with van der Waals surface area (Å²) in [6, 6.07) is 41.1. The van der Waals surface area contributed by atoms with Gasteiger partial charge in [-0.15, -0.1) is 5.73 Å². The average molecular weight is 513 g/mol. The van der Waals surface area contributed by atoms with Gasteiger partial charge in [-0.3, -0.25) is 0 Å². The van der Waals surface area contributed by atoms with Gasteiger partial charge in [0.25, 0.3) is 0 Å². The van der Waals surface area contributed by atoms with E-state index in [0.29, 0.717) is 0 Å². The van der Waals surface area contributed by atoms with Crippen molar-refractivity contribution in [3.63, 3.8) is 0 Å². The van der Waals surface area contributed by atoms with Crippen molar-refractivity contribution in [3.05, 3.63) is 139 Å². The Balaban J connectivity index is 1.43. The van der Waals surface area contributed by atoms with E-state index in [9.17, 15) is 0 Å². The topological polar surface area (TPSA) is 0 Å². The normalized spacial score (nSPS) is 11.5. The third-order valence-corrected chi connectivity index (χ3v) is 8.49. The maximum Gasteiger partial charge on any atom is -0.00201 e. The van der Waals surface area contributed by atoms with Crippen LogP contribution in [0.15, 0.2) is 128 Å². The second-order valence-corrected chi connectivity index (χ2v) is 10.9. The van der Waals surface area contributed by atoms with Crippen LogP contribution in [0.25, 0.3) is 65.3 Å². The molecule has 0 saturated carbocycles. The third-order valence-electron chi connectivity index (χ3n) is 8.49. The Morgan fingerprint density at radius 1 is 0.550 bits per heavy atom. The SMILES string of the molecule is C=C=CCc1ccc(-c2ccc3c4cccc5c(-c6ccc(CCCC)cc6)ccc(c6cccc2c63)c54)cc1. The summed E-state index contributed by atoms with van der Waals surface area (Å²) in [5.41, 5.74) is 10.7. The highest BCUT2D eigenvalue weighted by atomic mass is 14.2. The number of allylic oxidation sites excluding steroid dienone is 1. The molecule has 7 aromatic carbocycles. The van der Waals surface area contributed by atoms with Crippen molar-refractivity contribution in [1.29, 1.82) is 0 Å². The van der Waals surface area contributed by atoms with Crippen molar-refractivity contribution >= 4 is 43.1 Å². The molecule has 0 nitrogen and oxygen atoms in total. The summed E-state index contributed by atoms with van der Waals surface area (Å²) >= 11 is 0. The minimum Gasteiger partial charge on any atom is -0.133 e. The molecule has 0 aliphatic heterocycles. The quantitative estimate of drug-likeness (QED) is 0.113. The molecule has 0 spiro atoms. The van der Waals surface area contributed by atoms with E-state index >= 15 is 0 Å². The van der Waals surface area contributed by atoms with Gasteiger partial charge in [-0.1, -0.05) is 129 Å². The van der Waals surface area contributed by atoms with Crippen LogP contribution in [0.4, 0.5) is 0 Å². The standard InChI is InChI=1S/C40H32/c1-3-5-9-27-15-19-29(20-16-27)31-23-25-37-36-14-8-12-34-32(30-21-17-28(18-22-30)10-6-4-2)24-26-38(40(34)36)35-13-7-11-33(31)39(35)37/h5,7-8,11-26H,1,4,6,9-10H2,2H3. The van der Waals surface area contributed by atoms with E-state index in [1.807, 2.05) is 6.08 Å². The fourth-order valence-electron chi connectivity index (χ4n) is 6.46. The summed E-state index contributed by atoms with van der Waals surface area (Å²) in [6.07, 6.45) is 6.46. The van der Waals surface area contributed by atoms with Crippen LogP contribution in [0.3, 0.4) is 0 Å². The van der Waals surface area contributed by atoms with Crippen LogP contribution >= 0.6 is 0 Å². The van der Waals surface area contributed by atoms with Gasteiger partial charge in [0.2, 0.25) is 0 Å². The molecule has 0 bridgehead atoms. The molecule has 0 aliphatic rings. The molecule has 7 rings (SSSR count). The largest absolute Gasteiger partial charge is 0.133 e. The van der Waals surface area contributed by atoms with Crippen LogP contribution in [0.5, 0.6) is 0 Å². The lowest BCUT2D eigenvalue weighted by atomic mass is 9.85. The fraction of sp³-hybridized carbons (Fsp3) is 0.125. The summed E-state index contributed by atoms with van der Waals surface area (Å²) in [5.74, 6) is 0. The Bertz CT molecular complexity index is 2010. The summed E-state index contributed by atoms with van der Waals surface area (Å²) in [4.78, 5) is 0. The molecule has 0 aliphatic carbocycles. The van der Waals surface area contributed by atoms with Gasteiger partial charge in [0, 0.05) is 0 Å². The number of hydrogen-bond acceptors (Lipinski definition) is 0. The van der Waals surface area contributed by atoms with E-state index in [-0.39, 0.29) is 0 Å². The first kappa shape index (κ1) is 24.4. The summed E-state index contributed by atoms with van der Waals surface area (Å²) in [6.45, 7) is 5.94. The van der Waals surface area contributed by atoms with Gasteiger partial charge in [-0.25, -0.2) is 0 Å². The molecule has 0 heteroatoms. The van der Waals surface area contributed by atoms with Gasteiger partial charge in [0.1, 0.15) is 0 Å². The highest BCUT2D eigenvalue weighted by Gasteiger charge is 2.17. The van der Waals surface area contributed by atoms with E-state index in [0.717, 1.165) is 12.8 Å². The van der Waals surface area contributed by atoms with Crippen LogP contribution in [-0.2, 0) is 12.8 Å². The lowest BCUT2D eigenvalue weighted by Gasteiger charge is -2.18. The minimum absolute atomic E-state index is 0.861. The Morgan fingerprint density at radius 3 is 1.52 bits per heavy atom. The Labute approximate surface area is 236 Å². The van der Waals surface area contributed by atoms with E-state index in [2.05, 4.69) is 128 Å². The lowest BCUT2D eigenvalue weighted by Crippen LogP contribution is -1.91. The van der Waals surface area contributed by atoms with Crippen LogP contribution in [0.1, 0.15) is 30.9 Å². The van der Waals surface area contributed by atoms with Gasteiger partial charge in [-0.2, -0.15) is 0 Å². The summed E-state index contributed by atoms with van der Waals surface area (Å²) < 4.78 is 0. The molecule has 0 aromatic heterocycles. The van der Waals surface area contributed by atoms with Crippen LogP contribution in [-0.4, -0.2) is 0 Å². The molecular weight excluding hydrogens is 480 g/mol. The predicted molar refractivity (Wildman–Crippen MR) is 175 cm³/mol. The van der Waals surface area contributed by atoms with Gasteiger partial charge in [0.05, 0.1) is 0 Å². The van der Waals surface area contributed by atoms with Crippen molar-refractivity contribution in [2.45, 2.75) is 32.6 Å². The maximum absolute atomic E-state index is 3.69.